The van der Waals surface area contributed by atoms with E-state index in [2.05, 4.69) is 40.4 Å². The highest BCUT2D eigenvalue weighted by Gasteiger charge is 2.41. The minimum absolute atomic E-state index is 0.108. The molecule has 22 heavy (non-hydrogen) atoms. The summed E-state index contributed by atoms with van der Waals surface area (Å²) in [6.07, 6.45) is 2.46. The van der Waals surface area contributed by atoms with Crippen LogP contribution in [0.4, 0.5) is 0 Å². The van der Waals surface area contributed by atoms with Crippen molar-refractivity contribution in [3.63, 3.8) is 0 Å². The van der Waals surface area contributed by atoms with Gasteiger partial charge in [-0.15, -0.1) is 6.58 Å². The van der Waals surface area contributed by atoms with Crippen LogP contribution in [0.15, 0.2) is 24.0 Å². The molecule has 1 aliphatic rings. The van der Waals surface area contributed by atoms with Gasteiger partial charge in [0.25, 0.3) is 0 Å². The molecule has 0 unspecified atom stereocenters. The average molecular weight is 327 g/mol. The Morgan fingerprint density at radius 1 is 1.45 bits per heavy atom. The molecule has 1 atom stereocenters. The molecule has 0 amide bonds. The predicted octanol–water partition coefficient (Wildman–Crippen LogP) is 4.19. The molecule has 0 saturated heterocycles. The van der Waals surface area contributed by atoms with Gasteiger partial charge in [-0.1, -0.05) is 26.8 Å². The number of esters is 1. The van der Waals surface area contributed by atoms with Crippen LogP contribution in [0.1, 0.15) is 40.5 Å². The van der Waals surface area contributed by atoms with E-state index in [4.69, 9.17) is 13.9 Å². The molecule has 5 heteroatoms. The summed E-state index contributed by atoms with van der Waals surface area (Å²) in [5, 5.41) is 0.108. The molecule has 0 bridgehead atoms. The van der Waals surface area contributed by atoms with E-state index < -0.39 is 14.4 Å². The molecule has 0 aliphatic carbocycles. The van der Waals surface area contributed by atoms with Crippen LogP contribution in [-0.4, -0.2) is 33.6 Å². The Kier molecular flexibility index (Phi) is 6.44. The molecule has 1 heterocycles. The van der Waals surface area contributed by atoms with E-state index in [1.807, 2.05) is 6.08 Å². The van der Waals surface area contributed by atoms with E-state index in [-0.39, 0.29) is 11.0 Å². The molecule has 0 aromatic heterocycles. The summed E-state index contributed by atoms with van der Waals surface area (Å²) >= 11 is 0. The topological polar surface area (TPSA) is 44.8 Å². The second-order valence-electron chi connectivity index (χ2n) is 7.14. The molecular formula is C17H30O4Si. The van der Waals surface area contributed by atoms with Gasteiger partial charge in [-0.05, 0) is 37.0 Å². The van der Waals surface area contributed by atoms with Gasteiger partial charge in [-0.2, -0.15) is 0 Å². The van der Waals surface area contributed by atoms with E-state index >= 15 is 0 Å². The molecule has 0 spiro atoms. The first-order valence-corrected chi connectivity index (χ1v) is 10.8. The van der Waals surface area contributed by atoms with Crippen molar-refractivity contribution in [3.05, 3.63) is 24.0 Å². The summed E-state index contributed by atoms with van der Waals surface area (Å²) in [5.41, 5.74) is 1.08. The lowest BCUT2D eigenvalue weighted by Gasteiger charge is -2.39. The van der Waals surface area contributed by atoms with Crippen LogP contribution in [0.25, 0.3) is 0 Å². The van der Waals surface area contributed by atoms with Gasteiger partial charge in [0.1, 0.15) is 0 Å². The SMILES string of the molecule is C=CCC1=C(O[Si](C)(C)C(C)(C)C)C[C@H](C(=O)OCC)OC1. The number of carbonyl (C=O) groups is 1. The van der Waals surface area contributed by atoms with Crippen LogP contribution in [0.5, 0.6) is 0 Å². The standard InChI is InChI=1S/C17H30O4Si/c1-8-10-13-12-20-15(16(18)19-9-2)11-14(13)21-22(6,7)17(3,4)5/h8,15H,1,9-12H2,2-7H3/t15-/m1/s1. The fourth-order valence-electron chi connectivity index (χ4n) is 1.96. The maximum absolute atomic E-state index is 11.9. The molecule has 1 aliphatic heterocycles. The fraction of sp³-hybridized carbons (Fsp3) is 0.706. The predicted molar refractivity (Wildman–Crippen MR) is 91.1 cm³/mol. The van der Waals surface area contributed by atoms with Gasteiger partial charge in [0.15, 0.2) is 6.10 Å². The second-order valence-corrected chi connectivity index (χ2v) is 11.9. The third-order valence-electron chi connectivity index (χ3n) is 4.35. The number of ether oxygens (including phenoxy) is 2. The number of hydrogen-bond acceptors (Lipinski definition) is 4. The Bertz CT molecular complexity index is 446. The van der Waals surface area contributed by atoms with Crippen molar-refractivity contribution in [3.8, 4) is 0 Å². The molecule has 0 radical (unpaired) electrons. The first-order valence-electron chi connectivity index (χ1n) is 7.91. The van der Waals surface area contributed by atoms with Crippen molar-refractivity contribution in [2.24, 2.45) is 0 Å². The van der Waals surface area contributed by atoms with Gasteiger partial charge in [0.2, 0.25) is 8.32 Å². The maximum Gasteiger partial charge on any atom is 0.335 e. The molecule has 0 saturated carbocycles. The van der Waals surface area contributed by atoms with Gasteiger partial charge in [0, 0.05) is 6.42 Å². The summed E-state index contributed by atoms with van der Waals surface area (Å²) < 4.78 is 17.2. The minimum atomic E-state index is -1.95. The molecule has 1 rings (SSSR count). The molecule has 0 N–H and O–H groups in total. The van der Waals surface area contributed by atoms with Crippen molar-refractivity contribution in [1.82, 2.24) is 0 Å². The Morgan fingerprint density at radius 3 is 2.59 bits per heavy atom. The number of rotatable bonds is 6. The summed E-state index contributed by atoms with van der Waals surface area (Å²) in [7, 11) is -1.95. The lowest BCUT2D eigenvalue weighted by molar-refractivity contribution is -0.157. The van der Waals surface area contributed by atoms with Crippen molar-refractivity contribution in [2.45, 2.75) is 64.8 Å². The molecule has 0 fully saturated rings. The van der Waals surface area contributed by atoms with Gasteiger partial charge >= 0.3 is 5.97 Å². The van der Waals surface area contributed by atoms with Crippen LogP contribution in [0.2, 0.25) is 18.1 Å². The Labute approximate surface area is 135 Å². The molecular weight excluding hydrogens is 296 g/mol. The molecule has 126 valence electrons. The van der Waals surface area contributed by atoms with Crippen molar-refractivity contribution in [2.75, 3.05) is 13.2 Å². The highest BCUT2D eigenvalue weighted by atomic mass is 28.4. The highest BCUT2D eigenvalue weighted by molar-refractivity contribution is 6.74. The monoisotopic (exact) mass is 326 g/mol. The minimum Gasteiger partial charge on any atom is -0.546 e. The zero-order valence-electron chi connectivity index (χ0n) is 14.8. The van der Waals surface area contributed by atoms with Gasteiger partial charge in [-0.3, -0.25) is 0 Å². The van der Waals surface area contributed by atoms with Gasteiger partial charge < -0.3 is 13.9 Å². The third-order valence-corrected chi connectivity index (χ3v) is 8.72. The van der Waals surface area contributed by atoms with Crippen LogP contribution in [0, 0.1) is 0 Å². The smallest absolute Gasteiger partial charge is 0.335 e. The van der Waals surface area contributed by atoms with E-state index in [0.717, 1.165) is 17.8 Å². The molecule has 4 nitrogen and oxygen atoms in total. The first-order chi connectivity index (χ1) is 10.1. The van der Waals surface area contributed by atoms with Crippen LogP contribution in [-0.2, 0) is 18.7 Å². The van der Waals surface area contributed by atoms with E-state index in [0.29, 0.717) is 19.6 Å². The second kappa shape index (κ2) is 7.46. The maximum atomic E-state index is 11.9. The fourth-order valence-corrected chi connectivity index (χ4v) is 3.11. The Hall–Kier alpha value is -1.07. The lowest BCUT2D eigenvalue weighted by atomic mass is 10.0. The summed E-state index contributed by atoms with van der Waals surface area (Å²) in [5.74, 6) is 0.590. The zero-order valence-corrected chi connectivity index (χ0v) is 15.8. The van der Waals surface area contributed by atoms with Crippen molar-refractivity contribution in [1.29, 1.82) is 0 Å². The Morgan fingerprint density at radius 2 is 2.09 bits per heavy atom. The van der Waals surface area contributed by atoms with E-state index in [1.165, 1.54) is 0 Å². The van der Waals surface area contributed by atoms with Crippen LogP contribution >= 0.6 is 0 Å². The van der Waals surface area contributed by atoms with E-state index in [9.17, 15) is 4.79 Å². The summed E-state index contributed by atoms with van der Waals surface area (Å²) in [6.45, 7) is 17.4. The third kappa shape index (κ3) is 4.71. The van der Waals surface area contributed by atoms with Crippen LogP contribution < -0.4 is 0 Å². The summed E-state index contributed by atoms with van der Waals surface area (Å²) in [4.78, 5) is 11.9. The largest absolute Gasteiger partial charge is 0.546 e. The zero-order chi connectivity index (χ0) is 17.0. The van der Waals surface area contributed by atoms with Crippen LogP contribution in [0.3, 0.4) is 0 Å². The highest BCUT2D eigenvalue weighted by Crippen LogP contribution is 2.40. The molecule has 0 aromatic carbocycles. The van der Waals surface area contributed by atoms with Crippen molar-refractivity contribution >= 4 is 14.3 Å². The number of allylic oxidation sites excluding steroid dienone is 1. The Balaban J connectivity index is 2.97. The quantitative estimate of drug-likeness (QED) is 0.417. The van der Waals surface area contributed by atoms with E-state index in [1.54, 1.807) is 6.92 Å². The summed E-state index contributed by atoms with van der Waals surface area (Å²) in [6, 6.07) is 0. The lowest BCUT2D eigenvalue weighted by Crippen LogP contribution is -2.42. The number of hydrogen-bond donors (Lipinski definition) is 0. The normalized spacial score (nSPS) is 19.8. The number of carbonyl (C=O) groups excluding carboxylic acids is 1. The van der Waals surface area contributed by atoms with Gasteiger partial charge in [-0.25, -0.2) is 4.79 Å². The molecule has 0 aromatic rings. The van der Waals surface area contributed by atoms with Gasteiger partial charge in [0.05, 0.1) is 19.0 Å². The van der Waals surface area contributed by atoms with Crippen molar-refractivity contribution < 1.29 is 18.7 Å². The average Bonchev–Trinajstić information content (AvgIpc) is 2.39. The first kappa shape index (κ1) is 19.0.